The lowest BCUT2D eigenvalue weighted by molar-refractivity contribution is 0.563. The molecule has 0 amide bonds. The molecule has 1 aromatic carbocycles. The molecule has 1 aromatic heterocycles. The minimum Gasteiger partial charge on any atom is -0.398 e. The zero-order valence-electron chi connectivity index (χ0n) is 11.0. The maximum atomic E-state index is 13.3. The normalized spacial score (nSPS) is 13.1. The second kappa shape index (κ2) is 6.08. The van der Waals surface area contributed by atoms with Gasteiger partial charge in [0.1, 0.15) is 10.7 Å². The van der Waals surface area contributed by atoms with E-state index in [2.05, 4.69) is 25.6 Å². The van der Waals surface area contributed by atoms with Crippen molar-refractivity contribution in [3.05, 3.63) is 52.5 Å². The Morgan fingerprint density at radius 1 is 1.38 bits per heavy atom. The highest BCUT2D eigenvalue weighted by Gasteiger charge is 2.22. The number of rotatable bonds is 4. The number of nitrogens with one attached hydrogen (secondary N) is 1. The molecule has 112 valence electrons. The van der Waals surface area contributed by atoms with Gasteiger partial charge < -0.3 is 5.73 Å². The van der Waals surface area contributed by atoms with Crippen LogP contribution in [0.2, 0.25) is 0 Å². The number of anilines is 1. The zero-order valence-corrected chi connectivity index (χ0v) is 13.4. The Bertz CT molecular complexity index is 754. The van der Waals surface area contributed by atoms with Gasteiger partial charge in [-0.05, 0) is 47.1 Å². The molecule has 0 radical (unpaired) electrons. The molecule has 8 heteroatoms. The van der Waals surface area contributed by atoms with Crippen molar-refractivity contribution in [2.24, 2.45) is 0 Å². The average Bonchev–Trinajstić information content (AvgIpc) is 2.43. The van der Waals surface area contributed by atoms with Crippen molar-refractivity contribution in [1.29, 1.82) is 0 Å². The number of nitrogens with zero attached hydrogens (tertiary/aromatic N) is 1. The third kappa shape index (κ3) is 3.58. The molecule has 1 unspecified atom stereocenters. The highest BCUT2D eigenvalue weighted by molar-refractivity contribution is 9.10. The van der Waals surface area contributed by atoms with Crippen molar-refractivity contribution in [3.63, 3.8) is 0 Å². The number of sulfonamides is 1. The van der Waals surface area contributed by atoms with Gasteiger partial charge in [-0.3, -0.25) is 4.98 Å². The van der Waals surface area contributed by atoms with Gasteiger partial charge in [0.15, 0.2) is 0 Å². The van der Waals surface area contributed by atoms with E-state index in [9.17, 15) is 12.8 Å². The Kier molecular flexibility index (Phi) is 4.60. The first-order valence-electron chi connectivity index (χ1n) is 5.99. The second-order valence-corrected chi connectivity index (χ2v) is 6.94. The van der Waals surface area contributed by atoms with Crippen LogP contribution in [0.1, 0.15) is 18.7 Å². The summed E-state index contributed by atoms with van der Waals surface area (Å²) >= 11 is 2.95. The van der Waals surface area contributed by atoms with Crippen LogP contribution in [0.3, 0.4) is 0 Å². The number of benzene rings is 1. The van der Waals surface area contributed by atoms with Gasteiger partial charge >= 0.3 is 0 Å². The predicted molar refractivity (Wildman–Crippen MR) is 81.5 cm³/mol. The van der Waals surface area contributed by atoms with Crippen LogP contribution in [0.25, 0.3) is 0 Å². The van der Waals surface area contributed by atoms with E-state index in [0.29, 0.717) is 5.69 Å². The SMILES string of the molecule is CC(NS(=O)(=O)c1cc(Br)c(F)cc1N)c1ccccn1. The van der Waals surface area contributed by atoms with Crippen molar-refractivity contribution in [2.45, 2.75) is 17.9 Å². The Morgan fingerprint density at radius 3 is 2.71 bits per heavy atom. The number of nitrogens with two attached hydrogens (primary N) is 1. The fourth-order valence-corrected chi connectivity index (χ4v) is 3.62. The van der Waals surface area contributed by atoms with E-state index >= 15 is 0 Å². The van der Waals surface area contributed by atoms with Crippen LogP contribution < -0.4 is 10.5 Å². The van der Waals surface area contributed by atoms with Gasteiger partial charge in [-0.15, -0.1) is 0 Å². The van der Waals surface area contributed by atoms with Gasteiger partial charge in [0.2, 0.25) is 10.0 Å². The van der Waals surface area contributed by atoms with E-state index in [1.165, 1.54) is 0 Å². The summed E-state index contributed by atoms with van der Waals surface area (Å²) in [5, 5.41) is 0. The molecule has 0 fully saturated rings. The largest absolute Gasteiger partial charge is 0.398 e. The Hall–Kier alpha value is -1.51. The number of aromatic nitrogens is 1. The molecule has 0 spiro atoms. The summed E-state index contributed by atoms with van der Waals surface area (Å²) in [5.74, 6) is -0.621. The van der Waals surface area contributed by atoms with Crippen molar-refractivity contribution >= 4 is 31.6 Å². The van der Waals surface area contributed by atoms with E-state index in [1.807, 2.05) is 0 Å². The van der Waals surface area contributed by atoms with Crippen molar-refractivity contribution in [3.8, 4) is 0 Å². The average molecular weight is 374 g/mol. The van der Waals surface area contributed by atoms with Crippen LogP contribution in [0, 0.1) is 5.82 Å². The minimum atomic E-state index is -3.89. The van der Waals surface area contributed by atoms with Crippen LogP contribution in [0.5, 0.6) is 0 Å². The molecule has 2 aromatic rings. The third-order valence-electron chi connectivity index (χ3n) is 2.81. The molecule has 3 N–H and O–H groups in total. The van der Waals surface area contributed by atoms with Crippen molar-refractivity contribution in [2.75, 3.05) is 5.73 Å². The monoisotopic (exact) mass is 373 g/mol. The van der Waals surface area contributed by atoms with Gasteiger partial charge in [0.05, 0.1) is 21.9 Å². The molecule has 1 heterocycles. The number of halogens is 2. The fourth-order valence-electron chi connectivity index (χ4n) is 1.77. The van der Waals surface area contributed by atoms with Crippen LogP contribution in [-0.4, -0.2) is 13.4 Å². The third-order valence-corrected chi connectivity index (χ3v) is 5.01. The maximum Gasteiger partial charge on any atom is 0.243 e. The number of hydrogen-bond donors (Lipinski definition) is 2. The highest BCUT2D eigenvalue weighted by Crippen LogP contribution is 2.27. The lowest BCUT2D eigenvalue weighted by atomic mass is 10.2. The maximum absolute atomic E-state index is 13.3. The highest BCUT2D eigenvalue weighted by atomic mass is 79.9. The van der Waals surface area contributed by atoms with Crippen LogP contribution >= 0.6 is 15.9 Å². The number of pyridine rings is 1. The molecule has 2 rings (SSSR count). The van der Waals surface area contributed by atoms with Gasteiger partial charge in [0, 0.05) is 6.20 Å². The first kappa shape index (κ1) is 15.9. The molecule has 1 atom stereocenters. The van der Waals surface area contributed by atoms with Crippen LogP contribution in [0.15, 0.2) is 45.9 Å². The molecule has 0 aliphatic carbocycles. The van der Waals surface area contributed by atoms with Crippen LogP contribution in [-0.2, 0) is 10.0 Å². The first-order chi connectivity index (χ1) is 9.81. The second-order valence-electron chi connectivity index (χ2n) is 4.40. The zero-order chi connectivity index (χ0) is 15.6. The van der Waals surface area contributed by atoms with Crippen LogP contribution in [0.4, 0.5) is 10.1 Å². The number of hydrogen-bond acceptors (Lipinski definition) is 4. The molecule has 0 aliphatic heterocycles. The summed E-state index contributed by atoms with van der Waals surface area (Å²) in [6.07, 6.45) is 1.57. The van der Waals surface area contributed by atoms with Gasteiger partial charge in [-0.2, -0.15) is 0 Å². The Balaban J connectivity index is 2.33. The summed E-state index contributed by atoms with van der Waals surface area (Å²) in [7, 11) is -3.89. The Morgan fingerprint density at radius 2 is 2.10 bits per heavy atom. The summed E-state index contributed by atoms with van der Waals surface area (Å²) in [5.41, 5.74) is 6.01. The minimum absolute atomic E-state index is 0.0302. The summed E-state index contributed by atoms with van der Waals surface area (Å²) in [6, 6.07) is 6.76. The summed E-state index contributed by atoms with van der Waals surface area (Å²) in [6.45, 7) is 1.66. The predicted octanol–water partition coefficient (Wildman–Crippen LogP) is 2.60. The lowest BCUT2D eigenvalue weighted by Gasteiger charge is -2.15. The Labute approximate surface area is 130 Å². The van der Waals surface area contributed by atoms with Crippen molar-refractivity contribution < 1.29 is 12.8 Å². The molecule has 0 saturated heterocycles. The molecule has 0 aliphatic rings. The number of nitrogen functional groups attached to an aromatic ring is 1. The van der Waals surface area contributed by atoms with Gasteiger partial charge in [-0.25, -0.2) is 17.5 Å². The van der Waals surface area contributed by atoms with E-state index in [0.717, 1.165) is 12.1 Å². The topological polar surface area (TPSA) is 85.1 Å². The molecular formula is C13H13BrFN3O2S. The smallest absolute Gasteiger partial charge is 0.243 e. The van der Waals surface area contributed by atoms with E-state index in [1.54, 1.807) is 31.3 Å². The van der Waals surface area contributed by atoms with E-state index in [4.69, 9.17) is 5.73 Å². The molecule has 0 bridgehead atoms. The van der Waals surface area contributed by atoms with E-state index in [-0.39, 0.29) is 15.1 Å². The molecule has 21 heavy (non-hydrogen) atoms. The first-order valence-corrected chi connectivity index (χ1v) is 8.26. The standard InChI is InChI=1S/C13H13BrFN3O2S/c1-8(12-4-2-3-5-17-12)18-21(19,20)13-6-9(14)10(15)7-11(13)16/h2-8,18H,16H2,1H3. The van der Waals surface area contributed by atoms with Gasteiger partial charge in [0.25, 0.3) is 0 Å². The van der Waals surface area contributed by atoms with E-state index < -0.39 is 21.9 Å². The summed E-state index contributed by atoms with van der Waals surface area (Å²) < 4.78 is 40.5. The molecular weight excluding hydrogens is 361 g/mol. The quantitative estimate of drug-likeness (QED) is 0.806. The molecule has 0 saturated carbocycles. The summed E-state index contributed by atoms with van der Waals surface area (Å²) in [4.78, 5) is 3.90. The fraction of sp³-hybridized carbons (Fsp3) is 0.154. The van der Waals surface area contributed by atoms with Gasteiger partial charge in [-0.1, -0.05) is 6.07 Å². The molecule has 5 nitrogen and oxygen atoms in total. The lowest BCUT2D eigenvalue weighted by Crippen LogP contribution is -2.28. The van der Waals surface area contributed by atoms with Crippen molar-refractivity contribution in [1.82, 2.24) is 9.71 Å².